The molecule has 4 nitrogen and oxygen atoms in total. The van der Waals surface area contributed by atoms with Gasteiger partial charge in [0.1, 0.15) is 0 Å². The molecule has 0 radical (unpaired) electrons. The average Bonchev–Trinajstić information content (AvgIpc) is 2.75. The van der Waals surface area contributed by atoms with E-state index in [1.807, 2.05) is 6.92 Å². The Bertz CT molecular complexity index is 304. The molecule has 1 rings (SSSR count). The van der Waals surface area contributed by atoms with Crippen LogP contribution in [0.4, 0.5) is 0 Å². The van der Waals surface area contributed by atoms with Crippen molar-refractivity contribution in [3.05, 3.63) is 0 Å². The number of unbranched alkanes of at least 4 members (excludes halogenated alkanes) is 5. The van der Waals surface area contributed by atoms with Crippen LogP contribution in [0, 0.1) is 11.8 Å². The lowest BCUT2D eigenvalue weighted by molar-refractivity contribution is -0.142. The molecule has 0 spiro atoms. The SMILES string of the molecule is CCCCCCCCC(=O)N1C[C@@H](C)[C@H](C(=O)O)C1. The second kappa shape index (κ2) is 8.18. The molecule has 0 aromatic rings. The van der Waals surface area contributed by atoms with Crippen LogP contribution in [0.1, 0.15) is 58.8 Å². The van der Waals surface area contributed by atoms with E-state index >= 15 is 0 Å². The Morgan fingerprint density at radius 1 is 1.11 bits per heavy atom. The van der Waals surface area contributed by atoms with Gasteiger partial charge in [0.2, 0.25) is 5.91 Å². The number of nitrogens with zero attached hydrogens (tertiary/aromatic N) is 1. The second-order valence-corrected chi connectivity index (χ2v) is 5.74. The predicted octanol–water partition coefficient (Wildman–Crippen LogP) is 2.92. The molecular weight excluding hydrogens is 242 g/mol. The lowest BCUT2D eigenvalue weighted by Crippen LogP contribution is -2.29. The summed E-state index contributed by atoms with van der Waals surface area (Å²) in [6, 6.07) is 0. The second-order valence-electron chi connectivity index (χ2n) is 5.74. The third-order valence-corrected chi connectivity index (χ3v) is 4.03. The number of aliphatic carboxylic acids is 1. The van der Waals surface area contributed by atoms with E-state index < -0.39 is 5.97 Å². The maximum atomic E-state index is 12.0. The molecule has 1 N–H and O–H groups in total. The summed E-state index contributed by atoms with van der Waals surface area (Å²) < 4.78 is 0. The Morgan fingerprint density at radius 2 is 1.74 bits per heavy atom. The molecule has 1 aliphatic rings. The number of carboxylic acid groups (broad SMARTS) is 1. The third-order valence-electron chi connectivity index (χ3n) is 4.03. The summed E-state index contributed by atoms with van der Waals surface area (Å²) >= 11 is 0. The summed E-state index contributed by atoms with van der Waals surface area (Å²) in [7, 11) is 0. The van der Waals surface area contributed by atoms with Gasteiger partial charge in [0.15, 0.2) is 0 Å². The van der Waals surface area contributed by atoms with Crippen LogP contribution in [0.15, 0.2) is 0 Å². The van der Waals surface area contributed by atoms with Crippen molar-refractivity contribution in [3.63, 3.8) is 0 Å². The standard InChI is InChI=1S/C15H27NO3/c1-3-4-5-6-7-8-9-14(17)16-10-12(2)13(11-16)15(18)19/h12-13H,3-11H2,1-2H3,(H,18,19)/t12-,13-/m1/s1. The van der Waals surface area contributed by atoms with Gasteiger partial charge in [0.05, 0.1) is 5.92 Å². The van der Waals surface area contributed by atoms with Crippen molar-refractivity contribution in [3.8, 4) is 0 Å². The van der Waals surface area contributed by atoms with Crippen LogP contribution < -0.4 is 0 Å². The highest BCUT2D eigenvalue weighted by Gasteiger charge is 2.36. The topological polar surface area (TPSA) is 57.6 Å². The summed E-state index contributed by atoms with van der Waals surface area (Å²) in [5.41, 5.74) is 0. The van der Waals surface area contributed by atoms with Gasteiger partial charge in [-0.05, 0) is 12.3 Å². The molecule has 19 heavy (non-hydrogen) atoms. The minimum atomic E-state index is -0.776. The van der Waals surface area contributed by atoms with Crippen molar-refractivity contribution in [2.75, 3.05) is 13.1 Å². The molecule has 0 saturated carbocycles. The number of rotatable bonds is 8. The minimum absolute atomic E-state index is 0.0750. The highest BCUT2D eigenvalue weighted by Crippen LogP contribution is 2.24. The van der Waals surface area contributed by atoms with Crippen molar-refractivity contribution in [1.29, 1.82) is 0 Å². The molecule has 0 unspecified atom stereocenters. The van der Waals surface area contributed by atoms with Crippen molar-refractivity contribution in [2.24, 2.45) is 11.8 Å². The Kier molecular flexibility index (Phi) is 6.89. The van der Waals surface area contributed by atoms with Gasteiger partial charge in [-0.25, -0.2) is 0 Å². The molecule has 1 heterocycles. The molecule has 0 aliphatic carbocycles. The maximum absolute atomic E-state index is 12.0. The average molecular weight is 269 g/mol. The molecule has 0 bridgehead atoms. The zero-order valence-electron chi connectivity index (χ0n) is 12.2. The van der Waals surface area contributed by atoms with Gasteiger partial charge in [0.25, 0.3) is 0 Å². The molecule has 1 fully saturated rings. The van der Waals surface area contributed by atoms with Gasteiger partial charge in [-0.15, -0.1) is 0 Å². The van der Waals surface area contributed by atoms with Gasteiger partial charge in [-0.1, -0.05) is 46.0 Å². The molecule has 0 aromatic heterocycles. The van der Waals surface area contributed by atoms with E-state index in [-0.39, 0.29) is 17.7 Å². The fraction of sp³-hybridized carbons (Fsp3) is 0.867. The van der Waals surface area contributed by atoms with Gasteiger partial charge >= 0.3 is 5.97 Å². The minimum Gasteiger partial charge on any atom is -0.481 e. The van der Waals surface area contributed by atoms with Crippen molar-refractivity contribution in [1.82, 2.24) is 4.90 Å². The van der Waals surface area contributed by atoms with E-state index in [9.17, 15) is 9.59 Å². The monoisotopic (exact) mass is 269 g/mol. The van der Waals surface area contributed by atoms with Crippen LogP contribution in [0.5, 0.6) is 0 Å². The summed E-state index contributed by atoms with van der Waals surface area (Å²) in [5.74, 6) is -0.951. The fourth-order valence-electron chi connectivity index (χ4n) is 2.71. The van der Waals surface area contributed by atoms with Gasteiger partial charge < -0.3 is 10.0 Å². The number of amides is 1. The first kappa shape index (κ1) is 16.0. The van der Waals surface area contributed by atoms with Crippen molar-refractivity contribution in [2.45, 2.75) is 58.8 Å². The van der Waals surface area contributed by atoms with E-state index in [0.717, 1.165) is 12.8 Å². The number of carbonyl (C=O) groups is 2. The fourth-order valence-corrected chi connectivity index (χ4v) is 2.71. The first-order valence-electron chi connectivity index (χ1n) is 7.56. The summed E-state index contributed by atoms with van der Waals surface area (Å²) in [6.45, 7) is 5.10. The zero-order chi connectivity index (χ0) is 14.3. The zero-order valence-corrected chi connectivity index (χ0v) is 12.2. The Hall–Kier alpha value is -1.06. The molecule has 4 heteroatoms. The lowest BCUT2D eigenvalue weighted by atomic mass is 9.99. The van der Waals surface area contributed by atoms with Gasteiger partial charge in [0, 0.05) is 19.5 Å². The molecule has 2 atom stereocenters. The van der Waals surface area contributed by atoms with E-state index in [1.165, 1.54) is 25.7 Å². The number of hydrogen-bond donors (Lipinski definition) is 1. The van der Waals surface area contributed by atoms with Crippen LogP contribution in [0.2, 0.25) is 0 Å². The molecular formula is C15H27NO3. The number of hydrogen-bond acceptors (Lipinski definition) is 2. The smallest absolute Gasteiger partial charge is 0.308 e. The highest BCUT2D eigenvalue weighted by molar-refractivity contribution is 5.78. The number of carbonyl (C=O) groups excluding carboxylic acids is 1. The lowest BCUT2D eigenvalue weighted by Gasteiger charge is -2.15. The maximum Gasteiger partial charge on any atom is 0.308 e. The quantitative estimate of drug-likeness (QED) is 0.689. The first-order chi connectivity index (χ1) is 9.06. The largest absolute Gasteiger partial charge is 0.481 e. The number of likely N-dealkylation sites (tertiary alicyclic amines) is 1. The van der Waals surface area contributed by atoms with E-state index in [1.54, 1.807) is 4.90 Å². The van der Waals surface area contributed by atoms with E-state index in [4.69, 9.17) is 5.11 Å². The molecule has 0 aromatic carbocycles. The molecule has 1 aliphatic heterocycles. The van der Waals surface area contributed by atoms with Gasteiger partial charge in [-0.3, -0.25) is 9.59 Å². The van der Waals surface area contributed by atoms with Crippen LogP contribution in [-0.2, 0) is 9.59 Å². The third kappa shape index (κ3) is 5.21. The molecule has 1 amide bonds. The van der Waals surface area contributed by atoms with E-state index in [0.29, 0.717) is 19.5 Å². The number of carboxylic acids is 1. The van der Waals surface area contributed by atoms with Crippen LogP contribution in [0.3, 0.4) is 0 Å². The van der Waals surface area contributed by atoms with E-state index in [2.05, 4.69) is 6.92 Å². The molecule has 110 valence electrons. The normalized spacial score (nSPS) is 22.7. The van der Waals surface area contributed by atoms with Crippen LogP contribution >= 0.6 is 0 Å². The predicted molar refractivity (Wildman–Crippen MR) is 74.9 cm³/mol. The Balaban J connectivity index is 2.19. The van der Waals surface area contributed by atoms with Crippen molar-refractivity contribution >= 4 is 11.9 Å². The summed E-state index contributed by atoms with van der Waals surface area (Å²) in [6.07, 6.45) is 7.59. The first-order valence-corrected chi connectivity index (χ1v) is 7.56. The Morgan fingerprint density at radius 3 is 2.32 bits per heavy atom. The molecule has 1 saturated heterocycles. The van der Waals surface area contributed by atoms with Gasteiger partial charge in [-0.2, -0.15) is 0 Å². The van der Waals surface area contributed by atoms with Crippen LogP contribution in [-0.4, -0.2) is 35.0 Å². The summed E-state index contributed by atoms with van der Waals surface area (Å²) in [4.78, 5) is 24.7. The van der Waals surface area contributed by atoms with Crippen LogP contribution in [0.25, 0.3) is 0 Å². The highest BCUT2D eigenvalue weighted by atomic mass is 16.4. The summed E-state index contributed by atoms with van der Waals surface area (Å²) in [5, 5.41) is 9.04. The van der Waals surface area contributed by atoms with Crippen molar-refractivity contribution < 1.29 is 14.7 Å². The Labute approximate surface area is 116 Å².